The largest absolute Gasteiger partial charge is 0.497 e. The monoisotopic (exact) mass is 382 g/mol. The van der Waals surface area contributed by atoms with Gasteiger partial charge in [-0.2, -0.15) is 0 Å². The van der Waals surface area contributed by atoms with Crippen molar-refractivity contribution < 1.29 is 14.3 Å². The minimum Gasteiger partial charge on any atom is -0.497 e. The fourth-order valence-corrected chi connectivity index (χ4v) is 3.33. The summed E-state index contributed by atoms with van der Waals surface area (Å²) >= 11 is 1.38. The second-order valence-electron chi connectivity index (χ2n) is 6.00. The normalized spacial score (nSPS) is 10.4. The number of aryl methyl sites for hydroxylation is 1. The smallest absolute Gasteiger partial charge is 0.264 e. The van der Waals surface area contributed by atoms with Gasteiger partial charge in [-0.15, -0.1) is 11.3 Å². The highest BCUT2D eigenvalue weighted by molar-refractivity contribution is 7.14. The van der Waals surface area contributed by atoms with Gasteiger partial charge in [-0.05, 0) is 36.2 Å². The molecule has 0 saturated carbocycles. The van der Waals surface area contributed by atoms with Gasteiger partial charge in [0.1, 0.15) is 11.5 Å². The van der Waals surface area contributed by atoms with E-state index in [2.05, 4.69) is 17.2 Å². The van der Waals surface area contributed by atoms with Gasteiger partial charge in [0.05, 0.1) is 12.8 Å². The summed E-state index contributed by atoms with van der Waals surface area (Å²) in [6.07, 6.45) is 2.15. The number of benzene rings is 2. The van der Waals surface area contributed by atoms with Crippen molar-refractivity contribution in [2.75, 3.05) is 19.0 Å². The first-order chi connectivity index (χ1) is 13.2. The fraction of sp³-hybridized carbons (Fsp3) is 0.238. The van der Waals surface area contributed by atoms with Gasteiger partial charge in [0.2, 0.25) is 0 Å². The molecule has 0 atom stereocenters. The van der Waals surface area contributed by atoms with Crippen molar-refractivity contribution in [2.24, 2.45) is 0 Å². The maximum atomic E-state index is 12.1. The number of hydrogen-bond acceptors (Lipinski definition) is 5. The third kappa shape index (κ3) is 5.31. The highest BCUT2D eigenvalue weighted by Gasteiger charge is 2.09. The van der Waals surface area contributed by atoms with Crippen LogP contribution in [-0.2, 0) is 11.2 Å². The van der Waals surface area contributed by atoms with E-state index in [-0.39, 0.29) is 12.5 Å². The van der Waals surface area contributed by atoms with E-state index in [4.69, 9.17) is 9.47 Å². The number of carbonyl (C=O) groups is 1. The lowest BCUT2D eigenvalue weighted by Gasteiger charge is -2.06. The van der Waals surface area contributed by atoms with Crippen molar-refractivity contribution in [2.45, 2.75) is 19.8 Å². The van der Waals surface area contributed by atoms with Crippen LogP contribution in [0.2, 0.25) is 0 Å². The summed E-state index contributed by atoms with van der Waals surface area (Å²) in [5.41, 5.74) is 3.00. The van der Waals surface area contributed by atoms with Crippen LogP contribution in [0.1, 0.15) is 18.9 Å². The predicted molar refractivity (Wildman–Crippen MR) is 109 cm³/mol. The van der Waals surface area contributed by atoms with Crippen LogP contribution in [0.5, 0.6) is 11.5 Å². The van der Waals surface area contributed by atoms with E-state index in [1.807, 2.05) is 53.9 Å². The molecule has 0 radical (unpaired) electrons. The van der Waals surface area contributed by atoms with Crippen LogP contribution in [0.15, 0.2) is 53.9 Å². The number of ether oxygens (including phenoxy) is 2. The fourth-order valence-electron chi connectivity index (χ4n) is 2.59. The molecule has 0 aliphatic rings. The molecule has 0 fully saturated rings. The number of rotatable bonds is 8. The molecular formula is C21H22N2O3S. The lowest BCUT2D eigenvalue weighted by Crippen LogP contribution is -2.20. The number of carbonyl (C=O) groups excluding carboxylic acids is 1. The summed E-state index contributed by atoms with van der Waals surface area (Å²) in [5, 5.41) is 5.22. The SMILES string of the molecule is CCCc1ccc(OCC(=O)Nc2nc(-c3cccc(OC)c3)cs2)cc1. The molecule has 1 N–H and O–H groups in total. The first kappa shape index (κ1) is 18.9. The molecule has 0 saturated heterocycles. The molecule has 2 aromatic carbocycles. The molecule has 5 nitrogen and oxygen atoms in total. The van der Waals surface area contributed by atoms with Gasteiger partial charge in [-0.1, -0.05) is 37.6 Å². The van der Waals surface area contributed by atoms with Gasteiger partial charge < -0.3 is 9.47 Å². The number of thiazole rings is 1. The first-order valence-corrected chi connectivity index (χ1v) is 9.67. The predicted octanol–water partition coefficient (Wildman–Crippen LogP) is 4.79. The van der Waals surface area contributed by atoms with Gasteiger partial charge in [-0.25, -0.2) is 4.98 Å². The van der Waals surface area contributed by atoms with E-state index in [1.165, 1.54) is 16.9 Å². The third-order valence-electron chi connectivity index (χ3n) is 3.95. The number of aromatic nitrogens is 1. The Morgan fingerprint density at radius 2 is 1.96 bits per heavy atom. The van der Waals surface area contributed by atoms with Gasteiger partial charge in [0, 0.05) is 10.9 Å². The second kappa shape index (κ2) is 9.19. The van der Waals surface area contributed by atoms with Crippen molar-refractivity contribution in [1.29, 1.82) is 0 Å². The standard InChI is InChI=1S/C21H22N2O3S/c1-3-5-15-8-10-17(11-9-15)26-13-20(24)23-21-22-19(14-27-21)16-6-4-7-18(12-16)25-2/h4,6-12,14H,3,5,13H2,1-2H3,(H,22,23,24). The average Bonchev–Trinajstić information content (AvgIpc) is 3.16. The summed E-state index contributed by atoms with van der Waals surface area (Å²) in [6.45, 7) is 2.09. The maximum absolute atomic E-state index is 12.1. The molecule has 0 aliphatic carbocycles. The number of nitrogens with one attached hydrogen (secondary N) is 1. The summed E-state index contributed by atoms with van der Waals surface area (Å²) in [7, 11) is 1.63. The van der Waals surface area contributed by atoms with Crippen molar-refractivity contribution in [3.05, 3.63) is 59.5 Å². The van der Waals surface area contributed by atoms with Crippen molar-refractivity contribution >= 4 is 22.4 Å². The highest BCUT2D eigenvalue weighted by Crippen LogP contribution is 2.27. The molecule has 0 unspecified atom stereocenters. The maximum Gasteiger partial charge on any atom is 0.264 e. The van der Waals surface area contributed by atoms with Crippen LogP contribution in [0.25, 0.3) is 11.3 Å². The molecule has 3 rings (SSSR count). The Hall–Kier alpha value is -2.86. The quantitative estimate of drug-likeness (QED) is 0.609. The Bertz CT molecular complexity index is 890. The Kier molecular flexibility index (Phi) is 6.44. The summed E-state index contributed by atoms with van der Waals surface area (Å²) in [6, 6.07) is 15.5. The molecule has 1 aromatic heterocycles. The molecule has 0 bridgehead atoms. The molecule has 27 heavy (non-hydrogen) atoms. The topological polar surface area (TPSA) is 60.5 Å². The number of nitrogens with zero attached hydrogens (tertiary/aromatic N) is 1. The molecule has 1 heterocycles. The van der Waals surface area contributed by atoms with Crippen molar-refractivity contribution in [3.8, 4) is 22.8 Å². The Labute approximate surface area is 163 Å². The van der Waals surface area contributed by atoms with Crippen LogP contribution in [0, 0.1) is 0 Å². The van der Waals surface area contributed by atoms with Crippen molar-refractivity contribution in [3.63, 3.8) is 0 Å². The summed E-state index contributed by atoms with van der Waals surface area (Å²) in [5.74, 6) is 1.21. The molecule has 0 aliphatic heterocycles. The zero-order valence-corrected chi connectivity index (χ0v) is 16.2. The van der Waals surface area contributed by atoms with Crippen molar-refractivity contribution in [1.82, 2.24) is 4.98 Å². The van der Waals surface area contributed by atoms with Crippen LogP contribution in [0.3, 0.4) is 0 Å². The van der Waals surface area contributed by atoms with E-state index in [0.717, 1.165) is 29.8 Å². The summed E-state index contributed by atoms with van der Waals surface area (Å²) < 4.78 is 10.8. The molecule has 3 aromatic rings. The molecule has 6 heteroatoms. The number of amides is 1. The minimum atomic E-state index is -0.237. The zero-order valence-electron chi connectivity index (χ0n) is 15.4. The zero-order chi connectivity index (χ0) is 19.1. The lowest BCUT2D eigenvalue weighted by atomic mass is 10.1. The number of anilines is 1. The third-order valence-corrected chi connectivity index (χ3v) is 4.71. The van der Waals surface area contributed by atoms with Crippen LogP contribution < -0.4 is 14.8 Å². The Morgan fingerprint density at radius 3 is 2.70 bits per heavy atom. The number of hydrogen-bond donors (Lipinski definition) is 1. The van der Waals surface area contributed by atoms with Crippen LogP contribution in [-0.4, -0.2) is 24.6 Å². The Balaban J connectivity index is 1.54. The van der Waals surface area contributed by atoms with Crippen LogP contribution >= 0.6 is 11.3 Å². The molecule has 0 spiro atoms. The van der Waals surface area contributed by atoms with E-state index < -0.39 is 0 Å². The Morgan fingerprint density at radius 1 is 1.15 bits per heavy atom. The first-order valence-electron chi connectivity index (χ1n) is 8.79. The lowest BCUT2D eigenvalue weighted by molar-refractivity contribution is -0.118. The van der Waals surface area contributed by atoms with E-state index in [9.17, 15) is 4.79 Å². The van der Waals surface area contributed by atoms with Gasteiger partial charge in [-0.3, -0.25) is 10.1 Å². The van der Waals surface area contributed by atoms with E-state index >= 15 is 0 Å². The average molecular weight is 382 g/mol. The van der Waals surface area contributed by atoms with Crippen LogP contribution in [0.4, 0.5) is 5.13 Å². The minimum absolute atomic E-state index is 0.0544. The molecular weight excluding hydrogens is 360 g/mol. The number of methoxy groups -OCH3 is 1. The summed E-state index contributed by atoms with van der Waals surface area (Å²) in [4.78, 5) is 16.6. The van der Waals surface area contributed by atoms with E-state index in [0.29, 0.717) is 10.9 Å². The second-order valence-corrected chi connectivity index (χ2v) is 6.86. The molecule has 1 amide bonds. The molecule has 140 valence electrons. The van der Waals surface area contributed by atoms with Gasteiger partial charge in [0.15, 0.2) is 11.7 Å². The highest BCUT2D eigenvalue weighted by atomic mass is 32.1. The van der Waals surface area contributed by atoms with Gasteiger partial charge in [0.25, 0.3) is 5.91 Å². The van der Waals surface area contributed by atoms with Gasteiger partial charge >= 0.3 is 0 Å². The van der Waals surface area contributed by atoms with E-state index in [1.54, 1.807) is 7.11 Å².